The van der Waals surface area contributed by atoms with Gasteiger partial charge in [-0.2, -0.15) is 0 Å². The molecule has 1 amide bonds. The van der Waals surface area contributed by atoms with Gasteiger partial charge in [0.15, 0.2) is 0 Å². The summed E-state index contributed by atoms with van der Waals surface area (Å²) >= 11 is 0. The molecule has 0 atom stereocenters. The number of amides is 1. The van der Waals surface area contributed by atoms with E-state index in [1.165, 1.54) is 12.1 Å². The number of aromatic amines is 1. The quantitative estimate of drug-likeness (QED) is 0.761. The third-order valence-electron chi connectivity index (χ3n) is 5.32. The molecule has 144 valence electrons. The Morgan fingerprint density at radius 2 is 1.82 bits per heavy atom. The standard InChI is InChI=1S/C22H22FN3O2/c1-15-5-4-6-16-13-17(21(27)24-20(15)16)14-25-9-11-26(12-10-25)22(28)18-7-2-3-8-19(18)23/h2-8,13H,9-12,14H2,1H3,(H,24,27). The second kappa shape index (κ2) is 7.56. The van der Waals surface area contributed by atoms with Gasteiger partial charge < -0.3 is 9.88 Å². The number of pyridine rings is 1. The monoisotopic (exact) mass is 379 g/mol. The van der Waals surface area contributed by atoms with Gasteiger partial charge in [-0.05, 0) is 36.1 Å². The van der Waals surface area contributed by atoms with Crippen LogP contribution in [0.1, 0.15) is 21.5 Å². The molecule has 0 saturated carbocycles. The van der Waals surface area contributed by atoms with Crippen molar-refractivity contribution in [3.63, 3.8) is 0 Å². The average molecular weight is 379 g/mol. The fraction of sp³-hybridized carbons (Fsp3) is 0.273. The van der Waals surface area contributed by atoms with Gasteiger partial charge in [0.25, 0.3) is 11.5 Å². The molecule has 0 spiro atoms. The Morgan fingerprint density at radius 1 is 1.07 bits per heavy atom. The largest absolute Gasteiger partial charge is 0.336 e. The molecule has 2 aromatic carbocycles. The molecule has 1 aromatic heterocycles. The predicted octanol–water partition coefficient (Wildman–Crippen LogP) is 2.93. The molecule has 1 saturated heterocycles. The fourth-order valence-corrected chi connectivity index (χ4v) is 3.70. The predicted molar refractivity (Wildman–Crippen MR) is 107 cm³/mol. The maximum Gasteiger partial charge on any atom is 0.256 e. The Bertz CT molecular complexity index is 1080. The normalized spacial score (nSPS) is 15.1. The van der Waals surface area contributed by atoms with Gasteiger partial charge >= 0.3 is 0 Å². The molecule has 4 rings (SSSR count). The smallest absolute Gasteiger partial charge is 0.256 e. The Balaban J connectivity index is 1.44. The minimum Gasteiger partial charge on any atom is -0.336 e. The molecule has 1 aliphatic heterocycles. The number of fused-ring (bicyclic) bond motifs is 1. The van der Waals surface area contributed by atoms with Crippen LogP contribution in [-0.2, 0) is 6.54 Å². The van der Waals surface area contributed by atoms with Gasteiger partial charge in [-0.15, -0.1) is 0 Å². The number of hydrogen-bond acceptors (Lipinski definition) is 3. The number of para-hydroxylation sites is 1. The van der Waals surface area contributed by atoms with Gasteiger partial charge in [0.2, 0.25) is 0 Å². The van der Waals surface area contributed by atoms with E-state index in [-0.39, 0.29) is 17.0 Å². The van der Waals surface area contributed by atoms with Crippen molar-refractivity contribution in [2.75, 3.05) is 26.2 Å². The second-order valence-corrected chi connectivity index (χ2v) is 7.21. The zero-order valence-corrected chi connectivity index (χ0v) is 15.7. The van der Waals surface area contributed by atoms with Crippen molar-refractivity contribution >= 4 is 16.8 Å². The van der Waals surface area contributed by atoms with Crippen molar-refractivity contribution in [2.24, 2.45) is 0 Å². The minimum absolute atomic E-state index is 0.0772. The SMILES string of the molecule is Cc1cccc2cc(CN3CCN(C(=O)c4ccccc4F)CC3)c(=O)[nH]c12. The van der Waals surface area contributed by atoms with Crippen molar-refractivity contribution in [1.29, 1.82) is 0 Å². The average Bonchev–Trinajstić information content (AvgIpc) is 2.70. The topological polar surface area (TPSA) is 56.4 Å². The Morgan fingerprint density at radius 3 is 2.57 bits per heavy atom. The molecule has 0 radical (unpaired) electrons. The van der Waals surface area contributed by atoms with Crippen LogP contribution in [0.3, 0.4) is 0 Å². The highest BCUT2D eigenvalue weighted by Crippen LogP contribution is 2.17. The number of H-pyrrole nitrogens is 1. The molecule has 5 nitrogen and oxygen atoms in total. The summed E-state index contributed by atoms with van der Waals surface area (Å²) in [6, 6.07) is 14.0. The van der Waals surface area contributed by atoms with E-state index in [1.54, 1.807) is 17.0 Å². The lowest BCUT2D eigenvalue weighted by atomic mass is 10.1. The lowest BCUT2D eigenvalue weighted by Crippen LogP contribution is -2.48. The van der Waals surface area contributed by atoms with Gasteiger partial charge in [0.1, 0.15) is 5.82 Å². The van der Waals surface area contributed by atoms with Gasteiger partial charge in [0, 0.05) is 38.3 Å². The van der Waals surface area contributed by atoms with Crippen molar-refractivity contribution in [3.05, 3.63) is 81.4 Å². The highest BCUT2D eigenvalue weighted by molar-refractivity contribution is 5.94. The molecule has 3 aromatic rings. The van der Waals surface area contributed by atoms with Crippen molar-refractivity contribution < 1.29 is 9.18 Å². The Labute approximate surface area is 162 Å². The summed E-state index contributed by atoms with van der Waals surface area (Å²) in [6.07, 6.45) is 0. The van der Waals surface area contributed by atoms with Crippen molar-refractivity contribution in [2.45, 2.75) is 13.5 Å². The van der Waals surface area contributed by atoms with Crippen LogP contribution in [0.4, 0.5) is 4.39 Å². The molecule has 1 aliphatic rings. The van der Waals surface area contributed by atoms with Crippen LogP contribution in [0.15, 0.2) is 53.3 Å². The maximum absolute atomic E-state index is 13.9. The summed E-state index contributed by atoms with van der Waals surface area (Å²) in [5.74, 6) is -0.773. The molecule has 28 heavy (non-hydrogen) atoms. The number of nitrogens with one attached hydrogen (secondary N) is 1. The number of aromatic nitrogens is 1. The van der Waals surface area contributed by atoms with Crippen LogP contribution in [0.5, 0.6) is 0 Å². The zero-order valence-electron chi connectivity index (χ0n) is 15.7. The van der Waals surface area contributed by atoms with Gasteiger partial charge in [0.05, 0.1) is 11.1 Å². The summed E-state index contributed by atoms with van der Waals surface area (Å²) in [6.45, 7) is 4.82. The van der Waals surface area contributed by atoms with Crippen LogP contribution in [0.2, 0.25) is 0 Å². The van der Waals surface area contributed by atoms with Crippen molar-refractivity contribution in [1.82, 2.24) is 14.8 Å². The lowest BCUT2D eigenvalue weighted by molar-refractivity contribution is 0.0623. The second-order valence-electron chi connectivity index (χ2n) is 7.21. The number of benzene rings is 2. The first kappa shape index (κ1) is 18.4. The van der Waals surface area contributed by atoms with E-state index < -0.39 is 5.82 Å². The van der Waals surface area contributed by atoms with Crippen LogP contribution in [0.25, 0.3) is 10.9 Å². The summed E-state index contributed by atoms with van der Waals surface area (Å²) in [4.78, 5) is 31.8. The molecular formula is C22H22FN3O2. The number of aryl methyl sites for hydroxylation is 1. The molecule has 1 N–H and O–H groups in total. The van der Waals surface area contributed by atoms with Gasteiger partial charge in [-0.1, -0.05) is 30.3 Å². The molecule has 0 aliphatic carbocycles. The number of halogens is 1. The first-order chi connectivity index (χ1) is 13.5. The lowest BCUT2D eigenvalue weighted by Gasteiger charge is -2.34. The van der Waals surface area contributed by atoms with Gasteiger partial charge in [-0.3, -0.25) is 14.5 Å². The van der Waals surface area contributed by atoms with Crippen LogP contribution >= 0.6 is 0 Å². The van der Waals surface area contributed by atoms with E-state index in [0.717, 1.165) is 16.5 Å². The number of nitrogens with zero attached hydrogens (tertiary/aromatic N) is 2. The Hall–Kier alpha value is -2.99. The van der Waals surface area contributed by atoms with Crippen LogP contribution in [0, 0.1) is 12.7 Å². The highest BCUT2D eigenvalue weighted by Gasteiger charge is 2.24. The van der Waals surface area contributed by atoms with Crippen LogP contribution in [-0.4, -0.2) is 46.9 Å². The summed E-state index contributed by atoms with van der Waals surface area (Å²) in [5.41, 5.74) is 2.66. The number of carbonyl (C=O) groups excluding carboxylic acids is 1. The summed E-state index contributed by atoms with van der Waals surface area (Å²) in [5, 5.41) is 1.02. The third kappa shape index (κ3) is 3.55. The van der Waals surface area contributed by atoms with E-state index in [4.69, 9.17) is 0 Å². The maximum atomic E-state index is 13.9. The van der Waals surface area contributed by atoms with E-state index in [1.807, 2.05) is 31.2 Å². The number of rotatable bonds is 3. The number of carbonyl (C=O) groups is 1. The molecule has 1 fully saturated rings. The summed E-state index contributed by atoms with van der Waals surface area (Å²) < 4.78 is 13.9. The highest BCUT2D eigenvalue weighted by atomic mass is 19.1. The fourth-order valence-electron chi connectivity index (χ4n) is 3.70. The third-order valence-corrected chi connectivity index (χ3v) is 5.32. The van der Waals surface area contributed by atoms with E-state index >= 15 is 0 Å². The summed E-state index contributed by atoms with van der Waals surface area (Å²) in [7, 11) is 0. The first-order valence-electron chi connectivity index (χ1n) is 9.40. The first-order valence-corrected chi connectivity index (χ1v) is 9.40. The minimum atomic E-state index is -0.493. The van der Waals surface area contributed by atoms with E-state index in [2.05, 4.69) is 9.88 Å². The molecular weight excluding hydrogens is 357 g/mol. The van der Waals surface area contributed by atoms with Crippen LogP contribution < -0.4 is 5.56 Å². The van der Waals surface area contributed by atoms with E-state index in [9.17, 15) is 14.0 Å². The van der Waals surface area contributed by atoms with Crippen molar-refractivity contribution in [3.8, 4) is 0 Å². The zero-order chi connectivity index (χ0) is 19.7. The molecule has 2 heterocycles. The van der Waals surface area contributed by atoms with Gasteiger partial charge in [-0.25, -0.2) is 4.39 Å². The molecule has 0 bridgehead atoms. The molecule has 6 heteroatoms. The Kier molecular flexibility index (Phi) is 4.96. The molecule has 0 unspecified atom stereocenters. The number of hydrogen-bond donors (Lipinski definition) is 1. The number of piperazine rings is 1. The van der Waals surface area contributed by atoms with E-state index in [0.29, 0.717) is 38.3 Å².